The van der Waals surface area contributed by atoms with Crippen LogP contribution in [-0.2, 0) is 20.9 Å². The lowest BCUT2D eigenvalue weighted by atomic mass is 9.89. The van der Waals surface area contributed by atoms with Gasteiger partial charge in [0.2, 0.25) is 5.91 Å². The predicted molar refractivity (Wildman–Crippen MR) is 156 cm³/mol. The summed E-state index contributed by atoms with van der Waals surface area (Å²) >= 11 is 1.52. The number of piperazine rings is 1. The third-order valence-corrected chi connectivity index (χ3v) is 8.54. The Hall–Kier alpha value is -3.36. The van der Waals surface area contributed by atoms with Gasteiger partial charge in [-0.2, -0.15) is 0 Å². The number of methoxy groups -OCH3 is 1. The van der Waals surface area contributed by atoms with Gasteiger partial charge in [-0.1, -0.05) is 72.8 Å². The number of aryl methyl sites for hydroxylation is 2. The van der Waals surface area contributed by atoms with Crippen molar-refractivity contribution in [3.63, 3.8) is 0 Å². The molecule has 39 heavy (non-hydrogen) atoms. The fourth-order valence-corrected chi connectivity index (χ4v) is 6.54. The molecule has 0 aliphatic carbocycles. The van der Waals surface area contributed by atoms with Crippen molar-refractivity contribution in [1.82, 2.24) is 14.7 Å². The zero-order valence-electron chi connectivity index (χ0n) is 23.1. The molecule has 0 radical (unpaired) electrons. The molecule has 7 nitrogen and oxygen atoms in total. The van der Waals surface area contributed by atoms with E-state index in [-0.39, 0.29) is 18.3 Å². The van der Waals surface area contributed by atoms with Crippen molar-refractivity contribution in [3.05, 3.63) is 93.2 Å². The van der Waals surface area contributed by atoms with E-state index >= 15 is 0 Å². The summed E-state index contributed by atoms with van der Waals surface area (Å²) in [6.07, 6.45) is 0.882. The van der Waals surface area contributed by atoms with Gasteiger partial charge in [0, 0.05) is 38.4 Å². The molecule has 0 bridgehead atoms. The number of allylic oxidation sites excluding steroid dienone is 1. The SMILES string of the molecule is CCC1=C(C(=O)OC)C(c2ccc(C)cc2C)N2C(CC(=O)N3CCN(Cc4ccccc4)CC3)=CSC2=N1. The monoisotopic (exact) mass is 544 g/mol. The number of rotatable bonds is 7. The highest BCUT2D eigenvalue weighted by Gasteiger charge is 2.42. The van der Waals surface area contributed by atoms with E-state index in [1.165, 1.54) is 24.4 Å². The van der Waals surface area contributed by atoms with Crippen molar-refractivity contribution < 1.29 is 14.3 Å². The fourth-order valence-electron chi connectivity index (χ4n) is 5.60. The maximum Gasteiger partial charge on any atom is 0.338 e. The topological polar surface area (TPSA) is 65.5 Å². The van der Waals surface area contributed by atoms with Crippen molar-refractivity contribution in [1.29, 1.82) is 0 Å². The van der Waals surface area contributed by atoms with Gasteiger partial charge in [0.15, 0.2) is 5.17 Å². The average Bonchev–Trinajstić information content (AvgIpc) is 3.34. The van der Waals surface area contributed by atoms with Crippen LogP contribution in [0.3, 0.4) is 0 Å². The number of ether oxygens (including phenoxy) is 1. The van der Waals surface area contributed by atoms with Gasteiger partial charge in [-0.15, -0.1) is 0 Å². The highest BCUT2D eigenvalue weighted by Crippen LogP contribution is 2.46. The van der Waals surface area contributed by atoms with Crippen LogP contribution >= 0.6 is 11.8 Å². The van der Waals surface area contributed by atoms with E-state index in [9.17, 15) is 9.59 Å². The van der Waals surface area contributed by atoms with Crippen LogP contribution in [0.15, 0.2) is 75.9 Å². The summed E-state index contributed by atoms with van der Waals surface area (Å²) in [5.74, 6) is -0.275. The van der Waals surface area contributed by atoms with E-state index in [4.69, 9.17) is 9.73 Å². The summed E-state index contributed by atoms with van der Waals surface area (Å²) in [6.45, 7) is 10.2. The summed E-state index contributed by atoms with van der Waals surface area (Å²) in [5, 5.41) is 2.83. The minimum Gasteiger partial charge on any atom is -0.466 e. The second-order valence-electron chi connectivity index (χ2n) is 10.3. The number of hydrogen-bond donors (Lipinski definition) is 0. The highest BCUT2D eigenvalue weighted by molar-refractivity contribution is 8.16. The highest BCUT2D eigenvalue weighted by atomic mass is 32.2. The number of carbonyl (C=O) groups is 2. The van der Waals surface area contributed by atoms with Crippen molar-refractivity contribution in [2.45, 2.75) is 46.2 Å². The number of hydrogen-bond acceptors (Lipinski definition) is 7. The smallest absolute Gasteiger partial charge is 0.338 e. The molecule has 5 rings (SSSR count). The largest absolute Gasteiger partial charge is 0.466 e. The van der Waals surface area contributed by atoms with Gasteiger partial charge in [-0.25, -0.2) is 9.79 Å². The van der Waals surface area contributed by atoms with Gasteiger partial charge in [0.05, 0.1) is 30.8 Å². The number of nitrogens with zero attached hydrogens (tertiary/aromatic N) is 4. The molecule has 2 aromatic rings. The summed E-state index contributed by atoms with van der Waals surface area (Å²) in [7, 11) is 1.41. The van der Waals surface area contributed by atoms with Crippen molar-refractivity contribution >= 4 is 28.8 Å². The van der Waals surface area contributed by atoms with E-state index in [2.05, 4.69) is 66.1 Å². The van der Waals surface area contributed by atoms with E-state index in [1.807, 2.05) is 23.3 Å². The summed E-state index contributed by atoms with van der Waals surface area (Å²) in [6, 6.07) is 16.4. The molecular weight excluding hydrogens is 508 g/mol. The van der Waals surface area contributed by atoms with Crippen LogP contribution in [0.25, 0.3) is 0 Å². The van der Waals surface area contributed by atoms with E-state index in [0.717, 1.165) is 52.9 Å². The Morgan fingerprint density at radius 2 is 1.79 bits per heavy atom. The normalized spacial score (nSPS) is 19.5. The minimum absolute atomic E-state index is 0.103. The van der Waals surface area contributed by atoms with Crippen molar-refractivity contribution in [2.24, 2.45) is 4.99 Å². The first-order valence-corrected chi connectivity index (χ1v) is 14.4. The minimum atomic E-state index is -0.391. The first-order chi connectivity index (χ1) is 18.9. The number of benzene rings is 2. The van der Waals surface area contributed by atoms with Crippen LogP contribution in [0.1, 0.15) is 48.1 Å². The number of thioether (sulfide) groups is 1. The molecule has 204 valence electrons. The first-order valence-electron chi connectivity index (χ1n) is 13.6. The zero-order chi connectivity index (χ0) is 27.5. The molecule has 8 heteroatoms. The van der Waals surface area contributed by atoms with Crippen molar-refractivity contribution in [3.8, 4) is 0 Å². The van der Waals surface area contributed by atoms with Crippen LogP contribution in [0, 0.1) is 13.8 Å². The lowest BCUT2D eigenvalue weighted by Gasteiger charge is -2.38. The maximum absolute atomic E-state index is 13.5. The molecule has 0 spiro atoms. The van der Waals surface area contributed by atoms with Crippen molar-refractivity contribution in [2.75, 3.05) is 33.3 Å². The maximum atomic E-state index is 13.5. The number of amidine groups is 1. The Morgan fingerprint density at radius 3 is 2.46 bits per heavy atom. The Labute approximate surface area is 235 Å². The predicted octanol–water partition coefficient (Wildman–Crippen LogP) is 5.18. The molecule has 1 unspecified atom stereocenters. The van der Waals surface area contributed by atoms with E-state index in [0.29, 0.717) is 25.1 Å². The molecule has 3 aliphatic heterocycles. The second-order valence-corrected chi connectivity index (χ2v) is 11.1. The van der Waals surface area contributed by atoms with Gasteiger partial charge >= 0.3 is 5.97 Å². The molecule has 1 fully saturated rings. The van der Waals surface area contributed by atoms with Crippen LogP contribution < -0.4 is 0 Å². The lowest BCUT2D eigenvalue weighted by molar-refractivity contribution is -0.136. The summed E-state index contributed by atoms with van der Waals surface area (Å²) in [5.41, 5.74) is 6.73. The Morgan fingerprint density at radius 1 is 1.05 bits per heavy atom. The van der Waals surface area contributed by atoms with Gasteiger partial charge in [0.1, 0.15) is 0 Å². The fraction of sp³-hybridized carbons (Fsp3) is 0.387. The third-order valence-electron chi connectivity index (χ3n) is 7.66. The molecular formula is C31H36N4O3S. The number of aliphatic imine (C=N–C) groups is 1. The van der Waals surface area contributed by atoms with Crippen LogP contribution in [0.5, 0.6) is 0 Å². The third kappa shape index (κ3) is 5.68. The quantitative estimate of drug-likeness (QED) is 0.448. The van der Waals surface area contributed by atoms with Gasteiger partial charge in [0.25, 0.3) is 0 Å². The van der Waals surface area contributed by atoms with E-state index in [1.54, 1.807) is 0 Å². The summed E-state index contributed by atoms with van der Waals surface area (Å²) in [4.78, 5) is 38.0. The van der Waals surface area contributed by atoms with Crippen LogP contribution in [0.4, 0.5) is 0 Å². The molecule has 1 atom stereocenters. The molecule has 2 aromatic carbocycles. The average molecular weight is 545 g/mol. The number of carbonyl (C=O) groups excluding carboxylic acids is 2. The molecule has 3 aliphatic rings. The zero-order valence-corrected chi connectivity index (χ0v) is 24.0. The lowest BCUT2D eigenvalue weighted by Crippen LogP contribution is -2.48. The van der Waals surface area contributed by atoms with E-state index < -0.39 is 6.04 Å². The molecule has 1 amide bonds. The molecule has 0 aromatic heterocycles. The Bertz CT molecular complexity index is 1340. The van der Waals surface area contributed by atoms with Gasteiger partial charge < -0.3 is 14.5 Å². The Balaban J connectivity index is 1.35. The number of amides is 1. The molecule has 0 N–H and O–H groups in total. The van der Waals surface area contributed by atoms with Crippen LogP contribution in [0.2, 0.25) is 0 Å². The molecule has 1 saturated heterocycles. The number of esters is 1. The standard InChI is InChI=1S/C31H36N4O3S/c1-5-26-28(30(37)38-4)29(25-12-11-21(2)17-22(25)3)35-24(20-39-31(35)32-26)18-27(36)34-15-13-33(14-16-34)19-23-9-7-6-8-10-23/h6-12,17,20,29H,5,13-16,18-19H2,1-4H3. The summed E-state index contributed by atoms with van der Waals surface area (Å²) < 4.78 is 5.25. The second kappa shape index (κ2) is 11.8. The first kappa shape index (κ1) is 27.2. The molecule has 0 saturated carbocycles. The Kier molecular flexibility index (Phi) is 8.23. The van der Waals surface area contributed by atoms with Gasteiger partial charge in [-0.05, 0) is 42.4 Å². The number of fused-ring (bicyclic) bond motifs is 1. The molecule has 3 heterocycles. The van der Waals surface area contributed by atoms with Gasteiger partial charge in [-0.3, -0.25) is 9.69 Å². The van der Waals surface area contributed by atoms with Crippen LogP contribution in [-0.4, -0.2) is 65.0 Å².